The standard InChI is InChI=1S/C13H15BrClN3O3/c14-9-1-2-11(10(15)7-9)16-13(21)18-5-3-17(4-6-18)8-12(19)20/h1-2,7H,3-6,8H2,(H,16,21)(H,19,20). The lowest BCUT2D eigenvalue weighted by Crippen LogP contribution is -2.51. The van der Waals surface area contributed by atoms with Crippen molar-refractivity contribution in [3.8, 4) is 0 Å². The number of rotatable bonds is 3. The number of carboxylic acid groups (broad SMARTS) is 1. The molecule has 0 unspecified atom stereocenters. The van der Waals surface area contributed by atoms with E-state index in [0.29, 0.717) is 36.9 Å². The zero-order chi connectivity index (χ0) is 15.4. The summed E-state index contributed by atoms with van der Waals surface area (Å²) in [6, 6.07) is 5.01. The van der Waals surface area contributed by atoms with Gasteiger partial charge in [-0.1, -0.05) is 27.5 Å². The van der Waals surface area contributed by atoms with Gasteiger partial charge in [-0.05, 0) is 18.2 Å². The van der Waals surface area contributed by atoms with Crippen LogP contribution in [0.1, 0.15) is 0 Å². The summed E-state index contributed by atoms with van der Waals surface area (Å²) < 4.78 is 0.841. The number of amides is 2. The minimum atomic E-state index is -0.852. The van der Waals surface area contributed by atoms with Crippen LogP contribution in [0, 0.1) is 0 Å². The van der Waals surface area contributed by atoms with E-state index in [2.05, 4.69) is 21.2 Å². The molecule has 2 amide bonds. The fraction of sp³-hybridized carbons (Fsp3) is 0.385. The van der Waals surface area contributed by atoms with Crippen LogP contribution in [0.25, 0.3) is 0 Å². The Kier molecular flexibility index (Phi) is 5.44. The summed E-state index contributed by atoms with van der Waals surface area (Å²) in [5, 5.41) is 12.0. The molecule has 1 aromatic carbocycles. The molecule has 1 fully saturated rings. The van der Waals surface area contributed by atoms with Gasteiger partial charge in [0, 0.05) is 30.7 Å². The highest BCUT2D eigenvalue weighted by molar-refractivity contribution is 9.10. The Balaban J connectivity index is 1.89. The van der Waals surface area contributed by atoms with Crippen molar-refractivity contribution in [2.75, 3.05) is 38.0 Å². The summed E-state index contributed by atoms with van der Waals surface area (Å²) in [5.74, 6) is -0.852. The third-order valence-electron chi connectivity index (χ3n) is 3.19. The molecule has 0 aliphatic carbocycles. The second kappa shape index (κ2) is 7.11. The van der Waals surface area contributed by atoms with Gasteiger partial charge in [0.15, 0.2) is 0 Å². The molecule has 1 aliphatic rings. The Labute approximate surface area is 135 Å². The van der Waals surface area contributed by atoms with E-state index >= 15 is 0 Å². The quantitative estimate of drug-likeness (QED) is 0.849. The number of benzene rings is 1. The molecule has 0 aromatic heterocycles. The van der Waals surface area contributed by atoms with Crippen LogP contribution in [-0.2, 0) is 4.79 Å². The second-order valence-electron chi connectivity index (χ2n) is 4.71. The summed E-state index contributed by atoms with van der Waals surface area (Å²) in [6.45, 7) is 2.09. The van der Waals surface area contributed by atoms with Crippen molar-refractivity contribution in [1.29, 1.82) is 0 Å². The van der Waals surface area contributed by atoms with Gasteiger partial charge in [0.1, 0.15) is 0 Å². The fourth-order valence-electron chi connectivity index (χ4n) is 2.09. The van der Waals surface area contributed by atoms with E-state index in [9.17, 15) is 9.59 Å². The Morgan fingerprint density at radius 3 is 2.52 bits per heavy atom. The minimum Gasteiger partial charge on any atom is -0.480 e. The second-order valence-corrected chi connectivity index (χ2v) is 6.03. The molecule has 21 heavy (non-hydrogen) atoms. The number of hydrogen-bond acceptors (Lipinski definition) is 3. The number of halogens is 2. The molecule has 0 spiro atoms. The number of piperazine rings is 1. The summed E-state index contributed by atoms with van der Waals surface area (Å²) in [6.07, 6.45) is 0. The first-order valence-corrected chi connectivity index (χ1v) is 7.58. The molecule has 0 atom stereocenters. The highest BCUT2D eigenvalue weighted by atomic mass is 79.9. The number of carboxylic acids is 1. The predicted octanol–water partition coefficient (Wildman–Crippen LogP) is 2.34. The lowest BCUT2D eigenvalue weighted by atomic mass is 10.3. The van der Waals surface area contributed by atoms with Crippen molar-refractivity contribution in [3.63, 3.8) is 0 Å². The van der Waals surface area contributed by atoms with Gasteiger partial charge in [0.05, 0.1) is 17.3 Å². The number of carbonyl (C=O) groups is 2. The Morgan fingerprint density at radius 2 is 1.95 bits per heavy atom. The number of anilines is 1. The van der Waals surface area contributed by atoms with Crippen LogP contribution in [0.4, 0.5) is 10.5 Å². The summed E-state index contributed by atoms with van der Waals surface area (Å²) >= 11 is 9.36. The highest BCUT2D eigenvalue weighted by Crippen LogP contribution is 2.25. The first-order valence-electron chi connectivity index (χ1n) is 6.41. The van der Waals surface area contributed by atoms with E-state index in [1.54, 1.807) is 28.0 Å². The van der Waals surface area contributed by atoms with Crippen molar-refractivity contribution in [1.82, 2.24) is 9.80 Å². The number of urea groups is 1. The van der Waals surface area contributed by atoms with Crippen LogP contribution >= 0.6 is 27.5 Å². The molecule has 114 valence electrons. The molecule has 1 aromatic rings. The van der Waals surface area contributed by atoms with Crippen molar-refractivity contribution >= 4 is 45.2 Å². The van der Waals surface area contributed by atoms with Crippen LogP contribution in [0.5, 0.6) is 0 Å². The number of nitrogens with one attached hydrogen (secondary N) is 1. The molecule has 1 heterocycles. The maximum atomic E-state index is 12.1. The number of nitrogens with zero attached hydrogens (tertiary/aromatic N) is 2. The lowest BCUT2D eigenvalue weighted by molar-refractivity contribution is -0.138. The molecule has 0 radical (unpaired) electrons. The zero-order valence-corrected chi connectivity index (χ0v) is 13.5. The maximum Gasteiger partial charge on any atom is 0.321 e. The third kappa shape index (κ3) is 4.59. The van der Waals surface area contributed by atoms with E-state index in [0.717, 1.165) is 4.47 Å². The molecule has 1 aliphatic heterocycles. The molecular formula is C13H15BrClN3O3. The van der Waals surface area contributed by atoms with E-state index in [-0.39, 0.29) is 12.6 Å². The Morgan fingerprint density at radius 1 is 1.29 bits per heavy atom. The van der Waals surface area contributed by atoms with Crippen LogP contribution in [0.3, 0.4) is 0 Å². The molecule has 2 N–H and O–H groups in total. The van der Waals surface area contributed by atoms with E-state index in [1.807, 2.05) is 0 Å². The smallest absolute Gasteiger partial charge is 0.321 e. The third-order valence-corrected chi connectivity index (χ3v) is 4.00. The van der Waals surface area contributed by atoms with Gasteiger partial charge in [0.2, 0.25) is 0 Å². The number of carbonyl (C=O) groups excluding carboxylic acids is 1. The highest BCUT2D eigenvalue weighted by Gasteiger charge is 2.22. The van der Waals surface area contributed by atoms with Crippen LogP contribution in [0.2, 0.25) is 5.02 Å². The molecule has 2 rings (SSSR count). The van der Waals surface area contributed by atoms with Crippen LogP contribution < -0.4 is 5.32 Å². The average molecular weight is 377 g/mol. The summed E-state index contributed by atoms with van der Waals surface area (Å²) in [5.41, 5.74) is 0.554. The first kappa shape index (κ1) is 16.1. The normalized spacial score (nSPS) is 15.8. The van der Waals surface area contributed by atoms with Crippen molar-refractivity contribution in [2.45, 2.75) is 0 Å². The van der Waals surface area contributed by atoms with E-state index < -0.39 is 5.97 Å². The Hall–Kier alpha value is -1.31. The predicted molar refractivity (Wildman–Crippen MR) is 83.8 cm³/mol. The lowest BCUT2D eigenvalue weighted by Gasteiger charge is -2.33. The van der Waals surface area contributed by atoms with Gasteiger partial charge in [-0.25, -0.2) is 4.79 Å². The largest absolute Gasteiger partial charge is 0.480 e. The van der Waals surface area contributed by atoms with Gasteiger partial charge in [0.25, 0.3) is 0 Å². The number of aliphatic carboxylic acids is 1. The Bertz CT molecular complexity index is 547. The van der Waals surface area contributed by atoms with Crippen LogP contribution in [-0.4, -0.2) is 59.6 Å². The van der Waals surface area contributed by atoms with Gasteiger partial charge >= 0.3 is 12.0 Å². The SMILES string of the molecule is O=C(O)CN1CCN(C(=O)Nc2ccc(Br)cc2Cl)CC1. The molecular weight excluding hydrogens is 362 g/mol. The van der Waals surface area contributed by atoms with Crippen LogP contribution in [0.15, 0.2) is 22.7 Å². The molecule has 0 bridgehead atoms. The first-order chi connectivity index (χ1) is 9.95. The fourth-order valence-corrected chi connectivity index (χ4v) is 2.81. The van der Waals surface area contributed by atoms with Crippen molar-refractivity contribution in [3.05, 3.63) is 27.7 Å². The summed E-state index contributed by atoms with van der Waals surface area (Å²) in [7, 11) is 0. The zero-order valence-electron chi connectivity index (χ0n) is 11.2. The van der Waals surface area contributed by atoms with E-state index in [4.69, 9.17) is 16.7 Å². The average Bonchev–Trinajstić information content (AvgIpc) is 2.42. The molecule has 1 saturated heterocycles. The molecule has 0 saturated carbocycles. The van der Waals surface area contributed by atoms with Gasteiger partial charge in [-0.3, -0.25) is 9.69 Å². The monoisotopic (exact) mass is 375 g/mol. The van der Waals surface area contributed by atoms with E-state index in [1.165, 1.54) is 0 Å². The van der Waals surface area contributed by atoms with Gasteiger partial charge in [-0.2, -0.15) is 0 Å². The number of hydrogen-bond donors (Lipinski definition) is 2. The minimum absolute atomic E-state index is 0.00794. The van der Waals surface area contributed by atoms with Crippen molar-refractivity contribution in [2.24, 2.45) is 0 Å². The molecule has 6 nitrogen and oxygen atoms in total. The maximum absolute atomic E-state index is 12.1. The van der Waals surface area contributed by atoms with Gasteiger partial charge in [-0.15, -0.1) is 0 Å². The topological polar surface area (TPSA) is 72.9 Å². The summed E-state index contributed by atoms with van der Waals surface area (Å²) in [4.78, 5) is 26.2. The van der Waals surface area contributed by atoms with Crippen molar-refractivity contribution < 1.29 is 14.7 Å². The van der Waals surface area contributed by atoms with Gasteiger partial charge < -0.3 is 15.3 Å². The molecule has 8 heteroatoms.